The predicted octanol–water partition coefficient (Wildman–Crippen LogP) is 4.11. The Bertz CT molecular complexity index is 1050. The summed E-state index contributed by atoms with van der Waals surface area (Å²) in [7, 11) is 1.85. The zero-order valence-corrected chi connectivity index (χ0v) is 15.5. The summed E-state index contributed by atoms with van der Waals surface area (Å²) in [5.41, 5.74) is 0.979. The fourth-order valence-electron chi connectivity index (χ4n) is 2.08. The van der Waals surface area contributed by atoms with Crippen molar-refractivity contribution in [1.82, 2.24) is 4.57 Å². The van der Waals surface area contributed by atoms with Gasteiger partial charge >= 0.3 is 5.00 Å². The van der Waals surface area contributed by atoms with Crippen molar-refractivity contribution in [2.75, 3.05) is 0 Å². The highest BCUT2D eigenvalue weighted by Crippen LogP contribution is 2.25. The Morgan fingerprint density at radius 1 is 1.33 bits per heavy atom. The smallest absolute Gasteiger partial charge is 0.318 e. The number of amides is 1. The van der Waals surface area contributed by atoms with E-state index in [0.717, 1.165) is 26.0 Å². The minimum atomic E-state index is -0.455. The van der Waals surface area contributed by atoms with Crippen molar-refractivity contribution in [2.45, 2.75) is 0 Å². The second-order valence-corrected chi connectivity index (χ2v) is 7.70. The van der Waals surface area contributed by atoms with Crippen LogP contribution in [0.1, 0.15) is 4.88 Å². The first-order chi connectivity index (χ1) is 11.5. The number of carbonyl (C=O) groups excluding carboxylic acids is 1. The van der Waals surface area contributed by atoms with E-state index >= 15 is 0 Å². The van der Waals surface area contributed by atoms with Crippen LogP contribution in [-0.4, -0.2) is 15.4 Å². The van der Waals surface area contributed by atoms with Gasteiger partial charge in [-0.15, -0.1) is 0 Å². The maximum absolute atomic E-state index is 12.0. The Kier molecular flexibility index (Phi) is 4.74. The van der Waals surface area contributed by atoms with Crippen molar-refractivity contribution in [3.63, 3.8) is 0 Å². The maximum Gasteiger partial charge on any atom is 0.324 e. The average molecular weight is 424 g/mol. The summed E-state index contributed by atoms with van der Waals surface area (Å²) in [6.45, 7) is 0. The molecule has 0 fully saturated rings. The van der Waals surface area contributed by atoms with Crippen LogP contribution < -0.4 is 4.80 Å². The minimum absolute atomic E-state index is 0.0415. The van der Waals surface area contributed by atoms with Crippen molar-refractivity contribution < 1.29 is 9.72 Å². The third kappa shape index (κ3) is 3.37. The molecule has 0 saturated carbocycles. The fourth-order valence-corrected chi connectivity index (χ4v) is 4.62. The molecule has 9 heteroatoms. The number of nitro groups is 1. The SMILES string of the molecule is Cn1c(=NC(=O)/C=C/c2ccc([N+](=O)[O-])s2)sc2cccc(Br)c21. The number of thiazole rings is 1. The molecule has 0 aliphatic heterocycles. The summed E-state index contributed by atoms with van der Waals surface area (Å²) >= 11 is 5.92. The van der Waals surface area contributed by atoms with Crippen molar-refractivity contribution in [3.8, 4) is 0 Å². The highest BCUT2D eigenvalue weighted by atomic mass is 79.9. The fraction of sp³-hybridized carbons (Fsp3) is 0.0667. The molecule has 0 unspecified atom stereocenters. The Morgan fingerprint density at radius 3 is 2.79 bits per heavy atom. The van der Waals surface area contributed by atoms with Gasteiger partial charge in [-0.25, -0.2) is 0 Å². The van der Waals surface area contributed by atoms with E-state index in [9.17, 15) is 14.9 Å². The second-order valence-electron chi connectivity index (χ2n) is 4.75. The Morgan fingerprint density at radius 2 is 2.12 bits per heavy atom. The van der Waals surface area contributed by atoms with E-state index in [1.165, 1.54) is 29.6 Å². The quantitative estimate of drug-likeness (QED) is 0.361. The van der Waals surface area contributed by atoms with E-state index in [0.29, 0.717) is 9.68 Å². The molecule has 2 heterocycles. The lowest BCUT2D eigenvalue weighted by atomic mass is 10.3. The van der Waals surface area contributed by atoms with E-state index < -0.39 is 10.8 Å². The van der Waals surface area contributed by atoms with E-state index in [1.54, 1.807) is 6.07 Å². The summed E-state index contributed by atoms with van der Waals surface area (Å²) in [6, 6.07) is 8.84. The van der Waals surface area contributed by atoms with Gasteiger partial charge in [-0.1, -0.05) is 28.7 Å². The number of benzene rings is 1. The molecule has 3 rings (SSSR count). The van der Waals surface area contributed by atoms with Gasteiger partial charge in [0.15, 0.2) is 4.80 Å². The topological polar surface area (TPSA) is 77.5 Å². The van der Waals surface area contributed by atoms with Gasteiger partial charge in [0.2, 0.25) is 0 Å². The van der Waals surface area contributed by atoms with E-state index in [4.69, 9.17) is 0 Å². The lowest BCUT2D eigenvalue weighted by molar-refractivity contribution is -0.380. The first kappa shape index (κ1) is 16.7. The molecule has 0 aliphatic carbocycles. The second kappa shape index (κ2) is 6.80. The van der Waals surface area contributed by atoms with Gasteiger partial charge in [0.1, 0.15) is 0 Å². The van der Waals surface area contributed by atoms with Crippen LogP contribution in [0.3, 0.4) is 0 Å². The molecule has 6 nitrogen and oxygen atoms in total. The number of aromatic nitrogens is 1. The lowest BCUT2D eigenvalue weighted by Crippen LogP contribution is -2.12. The van der Waals surface area contributed by atoms with Gasteiger partial charge in [-0.05, 0) is 40.2 Å². The Hall–Kier alpha value is -2.10. The molecule has 3 aromatic rings. The number of halogens is 1. The van der Waals surface area contributed by atoms with Gasteiger partial charge in [0.05, 0.1) is 15.1 Å². The standard InChI is InChI=1S/C15H10BrN3O3S2/c1-18-14-10(16)3-2-4-11(14)24-15(18)17-12(20)7-5-9-6-8-13(23-9)19(21)22/h2-8H,1H3/b7-5+,17-15?. The molecule has 0 N–H and O–H groups in total. The predicted molar refractivity (Wildman–Crippen MR) is 99.1 cm³/mol. The molecule has 122 valence electrons. The van der Waals surface area contributed by atoms with Crippen molar-refractivity contribution in [2.24, 2.45) is 12.0 Å². The highest BCUT2D eigenvalue weighted by molar-refractivity contribution is 9.10. The minimum Gasteiger partial charge on any atom is -0.318 e. The molecule has 1 amide bonds. The van der Waals surface area contributed by atoms with E-state index in [-0.39, 0.29) is 5.00 Å². The van der Waals surface area contributed by atoms with Gasteiger partial charge in [0, 0.05) is 28.5 Å². The number of carbonyl (C=O) groups is 1. The molecular formula is C15H10BrN3O3S2. The summed E-state index contributed by atoms with van der Waals surface area (Å²) in [4.78, 5) is 27.5. The molecule has 0 bridgehead atoms. The van der Waals surface area contributed by atoms with Crippen LogP contribution in [-0.2, 0) is 11.8 Å². The average Bonchev–Trinajstić information content (AvgIpc) is 3.12. The zero-order chi connectivity index (χ0) is 17.3. The largest absolute Gasteiger partial charge is 0.324 e. The lowest BCUT2D eigenvalue weighted by Gasteiger charge is -1.97. The molecule has 0 saturated heterocycles. The van der Waals surface area contributed by atoms with E-state index in [1.807, 2.05) is 29.8 Å². The number of thiophene rings is 1. The Balaban J connectivity index is 1.89. The van der Waals surface area contributed by atoms with Gasteiger partial charge < -0.3 is 4.57 Å². The number of aryl methyl sites for hydroxylation is 1. The molecule has 24 heavy (non-hydrogen) atoms. The molecule has 1 aromatic carbocycles. The summed E-state index contributed by atoms with van der Waals surface area (Å²) in [5.74, 6) is -0.413. The molecule has 2 aromatic heterocycles. The van der Waals surface area contributed by atoms with Gasteiger partial charge in [-0.2, -0.15) is 4.99 Å². The number of nitrogens with zero attached hydrogens (tertiary/aromatic N) is 3. The molecule has 0 atom stereocenters. The number of para-hydroxylation sites is 1. The molecule has 0 radical (unpaired) electrons. The van der Waals surface area contributed by atoms with Crippen LogP contribution in [0.4, 0.5) is 5.00 Å². The van der Waals surface area contributed by atoms with Crippen molar-refractivity contribution in [3.05, 3.63) is 60.7 Å². The maximum atomic E-state index is 12.0. The Labute approximate surface area is 152 Å². The third-order valence-corrected chi connectivity index (χ3v) is 5.90. The first-order valence-electron chi connectivity index (χ1n) is 6.71. The highest BCUT2D eigenvalue weighted by Gasteiger charge is 2.09. The third-order valence-electron chi connectivity index (χ3n) is 3.16. The summed E-state index contributed by atoms with van der Waals surface area (Å²) in [5, 5.41) is 10.7. The summed E-state index contributed by atoms with van der Waals surface area (Å²) < 4.78 is 3.82. The number of hydrogen-bond acceptors (Lipinski definition) is 5. The van der Waals surface area contributed by atoms with Gasteiger partial charge in [0.25, 0.3) is 5.91 Å². The molecular weight excluding hydrogens is 414 g/mol. The number of hydrogen-bond donors (Lipinski definition) is 0. The van der Waals surface area contributed by atoms with Crippen LogP contribution >= 0.6 is 38.6 Å². The first-order valence-corrected chi connectivity index (χ1v) is 9.13. The normalized spacial score (nSPS) is 12.3. The summed E-state index contributed by atoms with van der Waals surface area (Å²) in [6.07, 6.45) is 2.85. The molecule has 0 spiro atoms. The number of rotatable bonds is 3. The van der Waals surface area contributed by atoms with Crippen molar-refractivity contribution >= 4 is 65.8 Å². The van der Waals surface area contributed by atoms with E-state index in [2.05, 4.69) is 20.9 Å². The van der Waals surface area contributed by atoms with Gasteiger partial charge in [-0.3, -0.25) is 14.9 Å². The van der Waals surface area contributed by atoms with Crippen LogP contribution in [0.2, 0.25) is 0 Å². The molecule has 0 aliphatic rings. The monoisotopic (exact) mass is 423 g/mol. The van der Waals surface area contributed by atoms with Crippen LogP contribution in [0.25, 0.3) is 16.3 Å². The van der Waals surface area contributed by atoms with Crippen LogP contribution in [0, 0.1) is 10.1 Å². The number of fused-ring (bicyclic) bond motifs is 1. The van der Waals surface area contributed by atoms with Crippen LogP contribution in [0.5, 0.6) is 0 Å². The van der Waals surface area contributed by atoms with Crippen molar-refractivity contribution in [1.29, 1.82) is 0 Å². The zero-order valence-electron chi connectivity index (χ0n) is 12.3. The van der Waals surface area contributed by atoms with Crippen LogP contribution in [0.15, 0.2) is 45.9 Å².